The van der Waals surface area contributed by atoms with Crippen molar-refractivity contribution in [2.24, 2.45) is 0 Å². The molecule has 0 spiro atoms. The molecule has 7 nitrogen and oxygen atoms in total. The van der Waals surface area contributed by atoms with E-state index in [2.05, 4.69) is 4.90 Å². The molecule has 2 aliphatic rings. The lowest BCUT2D eigenvalue weighted by atomic mass is 10.00. The van der Waals surface area contributed by atoms with E-state index in [0.717, 1.165) is 37.8 Å². The van der Waals surface area contributed by atoms with E-state index in [1.54, 1.807) is 36.3 Å². The summed E-state index contributed by atoms with van der Waals surface area (Å²) >= 11 is 12.0. The maximum Gasteiger partial charge on any atom is 0.246 e. The number of aliphatic hydroxyl groups excluding tert-OH is 1. The lowest BCUT2D eigenvalue weighted by Gasteiger charge is -2.37. The average Bonchev–Trinajstić information content (AvgIpc) is 3.00. The van der Waals surface area contributed by atoms with Crippen molar-refractivity contribution >= 4 is 41.1 Å². The topological polar surface area (TPSA) is 73.3 Å². The summed E-state index contributed by atoms with van der Waals surface area (Å²) in [7, 11) is 1.71. The summed E-state index contributed by atoms with van der Waals surface area (Å²) in [6.07, 6.45) is 6.91. The zero-order chi connectivity index (χ0) is 24.5. The molecular formula is C25H35Cl2N3O4. The molecule has 34 heavy (non-hydrogen) atoms. The van der Waals surface area contributed by atoms with Gasteiger partial charge in [-0.2, -0.15) is 0 Å². The van der Waals surface area contributed by atoms with Crippen molar-refractivity contribution in [2.75, 3.05) is 53.0 Å². The number of benzene rings is 1. The minimum atomic E-state index is -0.269. The Morgan fingerprint density at radius 2 is 1.94 bits per heavy atom. The molecule has 9 heteroatoms. The number of hydrogen-bond acceptors (Lipinski definition) is 5. The molecule has 188 valence electrons. The summed E-state index contributed by atoms with van der Waals surface area (Å²) in [5, 5.41) is 10.9. The molecule has 0 aliphatic carbocycles. The molecule has 3 rings (SSSR count). The number of aliphatic hydroxyl groups is 1. The normalized spacial score (nSPS) is 22.4. The standard InChI is InChI=1S/C25H35Cl2N3O4/c1-34-18-20-6-7-21(31)17-30(20)12-3-2-11-28-14-15-29(13-10-25(28)33)24(32)9-5-19-4-8-22(26)23(27)16-19/h4-5,8-9,16,20-21,31H,2-3,6-7,10-15,17-18H2,1H3/t20-,21+/m0/s1. The van der Waals surface area contributed by atoms with Crippen LogP contribution in [-0.2, 0) is 14.3 Å². The van der Waals surface area contributed by atoms with Crippen molar-refractivity contribution in [3.05, 3.63) is 39.9 Å². The summed E-state index contributed by atoms with van der Waals surface area (Å²) in [6, 6.07) is 5.56. The molecule has 0 unspecified atom stereocenters. The fourth-order valence-corrected chi connectivity index (χ4v) is 4.87. The third-order valence-electron chi connectivity index (χ3n) is 6.54. The van der Waals surface area contributed by atoms with Crippen LogP contribution in [0, 0.1) is 0 Å². The fourth-order valence-electron chi connectivity index (χ4n) is 4.56. The van der Waals surface area contributed by atoms with E-state index < -0.39 is 0 Å². The molecular weight excluding hydrogens is 477 g/mol. The van der Waals surface area contributed by atoms with Crippen LogP contribution in [0.25, 0.3) is 6.08 Å². The van der Waals surface area contributed by atoms with Crippen molar-refractivity contribution in [1.82, 2.24) is 14.7 Å². The number of halogens is 2. The summed E-state index contributed by atoms with van der Waals surface area (Å²) in [6.45, 7) is 4.42. The van der Waals surface area contributed by atoms with Gasteiger partial charge in [0.1, 0.15) is 0 Å². The van der Waals surface area contributed by atoms with E-state index in [0.29, 0.717) is 61.8 Å². The highest BCUT2D eigenvalue weighted by molar-refractivity contribution is 6.42. The lowest BCUT2D eigenvalue weighted by Crippen LogP contribution is -2.48. The van der Waals surface area contributed by atoms with Crippen molar-refractivity contribution in [2.45, 2.75) is 44.2 Å². The van der Waals surface area contributed by atoms with Gasteiger partial charge in [-0.15, -0.1) is 0 Å². The monoisotopic (exact) mass is 511 g/mol. The molecule has 0 bridgehead atoms. The molecule has 1 N–H and O–H groups in total. The Labute approximate surface area is 212 Å². The number of unbranched alkanes of at least 4 members (excludes halogenated alkanes) is 1. The molecule has 0 aromatic heterocycles. The first-order chi connectivity index (χ1) is 16.4. The predicted octanol–water partition coefficient (Wildman–Crippen LogP) is 3.32. The van der Waals surface area contributed by atoms with Gasteiger partial charge in [-0.05, 0) is 56.0 Å². The Kier molecular flexibility index (Phi) is 10.7. The molecule has 2 saturated heterocycles. The van der Waals surface area contributed by atoms with Gasteiger partial charge in [-0.1, -0.05) is 29.3 Å². The summed E-state index contributed by atoms with van der Waals surface area (Å²) in [5.41, 5.74) is 0.796. The number of methoxy groups -OCH3 is 1. The number of nitrogens with zero attached hydrogens (tertiary/aromatic N) is 3. The largest absolute Gasteiger partial charge is 0.392 e. The summed E-state index contributed by atoms with van der Waals surface area (Å²) in [5.74, 6) is -0.0250. The van der Waals surface area contributed by atoms with Crippen LogP contribution in [0.5, 0.6) is 0 Å². The van der Waals surface area contributed by atoms with Crippen LogP contribution in [-0.4, -0.2) is 96.8 Å². The molecule has 2 aliphatic heterocycles. The van der Waals surface area contributed by atoms with Crippen LogP contribution in [0.2, 0.25) is 10.0 Å². The second kappa shape index (κ2) is 13.4. The van der Waals surface area contributed by atoms with E-state index in [4.69, 9.17) is 27.9 Å². The number of piperidine rings is 1. The van der Waals surface area contributed by atoms with Crippen molar-refractivity contribution in [3.8, 4) is 0 Å². The second-order valence-corrected chi connectivity index (χ2v) is 9.82. The van der Waals surface area contributed by atoms with Gasteiger partial charge in [-0.25, -0.2) is 0 Å². The van der Waals surface area contributed by atoms with E-state index in [1.807, 2.05) is 4.90 Å². The van der Waals surface area contributed by atoms with E-state index in [9.17, 15) is 14.7 Å². The van der Waals surface area contributed by atoms with Crippen LogP contribution < -0.4 is 0 Å². The molecule has 1 aromatic carbocycles. The average molecular weight is 512 g/mol. The van der Waals surface area contributed by atoms with Gasteiger partial charge in [0.05, 0.1) is 22.8 Å². The molecule has 2 atom stereocenters. The molecule has 0 saturated carbocycles. The number of ether oxygens (including phenoxy) is 1. The lowest BCUT2D eigenvalue weighted by molar-refractivity contribution is -0.130. The number of hydrogen-bond donors (Lipinski definition) is 1. The van der Waals surface area contributed by atoms with Crippen LogP contribution >= 0.6 is 23.2 Å². The second-order valence-electron chi connectivity index (χ2n) is 9.01. The Morgan fingerprint density at radius 3 is 2.71 bits per heavy atom. The number of carbonyl (C=O) groups excluding carboxylic acids is 2. The van der Waals surface area contributed by atoms with Crippen LogP contribution in [0.3, 0.4) is 0 Å². The third-order valence-corrected chi connectivity index (χ3v) is 7.28. The Hall–Kier alpha value is -1.64. The smallest absolute Gasteiger partial charge is 0.246 e. The molecule has 0 radical (unpaired) electrons. The van der Waals surface area contributed by atoms with Crippen molar-refractivity contribution in [1.29, 1.82) is 0 Å². The third kappa shape index (κ3) is 7.95. The number of β-amino-alcohol motifs (C(OH)–C–C–N with tert-alkyl or cyclic N) is 1. The van der Waals surface area contributed by atoms with Gasteiger partial charge in [0.15, 0.2) is 0 Å². The number of likely N-dealkylation sites (tertiary alicyclic amines) is 1. The quantitative estimate of drug-likeness (QED) is 0.406. The first kappa shape index (κ1) is 27.0. The van der Waals surface area contributed by atoms with E-state index >= 15 is 0 Å². The highest BCUT2D eigenvalue weighted by atomic mass is 35.5. The van der Waals surface area contributed by atoms with Crippen LogP contribution in [0.15, 0.2) is 24.3 Å². The minimum Gasteiger partial charge on any atom is -0.392 e. The predicted molar refractivity (Wildman–Crippen MR) is 135 cm³/mol. The molecule has 2 fully saturated rings. The Bertz CT molecular complexity index is 867. The number of rotatable bonds is 9. The van der Waals surface area contributed by atoms with Crippen LogP contribution in [0.1, 0.15) is 37.7 Å². The first-order valence-corrected chi connectivity index (χ1v) is 12.7. The number of amides is 2. The zero-order valence-electron chi connectivity index (χ0n) is 19.8. The molecule has 1 aromatic rings. The summed E-state index contributed by atoms with van der Waals surface area (Å²) in [4.78, 5) is 31.1. The van der Waals surface area contributed by atoms with Crippen LogP contribution in [0.4, 0.5) is 0 Å². The van der Waals surface area contributed by atoms with Gasteiger partial charge >= 0.3 is 0 Å². The van der Waals surface area contributed by atoms with Gasteiger partial charge in [0.25, 0.3) is 0 Å². The van der Waals surface area contributed by atoms with Crippen molar-refractivity contribution < 1.29 is 19.4 Å². The molecule has 2 amide bonds. The maximum atomic E-state index is 12.6. The first-order valence-electron chi connectivity index (χ1n) is 12.0. The fraction of sp³-hybridized carbons (Fsp3) is 0.600. The van der Waals surface area contributed by atoms with E-state index in [1.165, 1.54) is 6.08 Å². The highest BCUT2D eigenvalue weighted by Crippen LogP contribution is 2.23. The summed E-state index contributed by atoms with van der Waals surface area (Å²) < 4.78 is 5.33. The van der Waals surface area contributed by atoms with Gasteiger partial charge < -0.3 is 19.6 Å². The zero-order valence-corrected chi connectivity index (χ0v) is 21.3. The van der Waals surface area contributed by atoms with E-state index in [-0.39, 0.29) is 17.9 Å². The van der Waals surface area contributed by atoms with Crippen molar-refractivity contribution in [3.63, 3.8) is 0 Å². The van der Waals surface area contributed by atoms with Gasteiger partial charge in [-0.3, -0.25) is 14.5 Å². The molecule has 2 heterocycles. The van der Waals surface area contributed by atoms with Gasteiger partial charge in [0.2, 0.25) is 11.8 Å². The maximum absolute atomic E-state index is 12.6. The SMILES string of the molecule is COC[C@@H]1CC[C@@H](O)CN1CCCCN1CCN(C(=O)C=Cc2ccc(Cl)c(Cl)c2)CCC1=O. The Morgan fingerprint density at radius 1 is 1.15 bits per heavy atom. The van der Waals surface area contributed by atoms with Gasteiger partial charge in [0, 0.05) is 58.4 Å². The number of carbonyl (C=O) groups is 2. The minimum absolute atomic E-state index is 0.0921. The Balaban J connectivity index is 1.43. The highest BCUT2D eigenvalue weighted by Gasteiger charge is 2.27.